The van der Waals surface area contributed by atoms with Crippen molar-refractivity contribution in [1.29, 1.82) is 0 Å². The first-order chi connectivity index (χ1) is 21.6. The fourth-order valence-corrected chi connectivity index (χ4v) is 5.24. The van der Waals surface area contributed by atoms with Crippen LogP contribution in [0.5, 0.6) is 5.75 Å². The SMILES string of the molecule is C[C@@H]1CN([C@@H](C)CO)C(=O)c2cc(NC(=O)Nc3ccc(F)cc3)ccc2O[C@H]1CN(C)C(=O)Nc1cccc2ccccc12. The Labute approximate surface area is 260 Å². The highest BCUT2D eigenvalue weighted by atomic mass is 19.1. The predicted octanol–water partition coefficient (Wildman–Crippen LogP) is 6.01. The van der Waals surface area contributed by atoms with Crippen LogP contribution in [0.3, 0.4) is 0 Å². The Morgan fingerprint density at radius 1 is 1.00 bits per heavy atom. The lowest BCUT2D eigenvalue weighted by atomic mass is 9.99. The van der Waals surface area contributed by atoms with E-state index in [-0.39, 0.29) is 43.1 Å². The number of aliphatic hydroxyl groups is 1. The van der Waals surface area contributed by atoms with E-state index in [1.165, 1.54) is 30.3 Å². The standard InChI is InChI=1S/C34H36FN5O5/c1-21-18-40(22(2)20-41)32(42)28-17-26(37-33(43)36-25-13-11-24(35)12-14-25)15-16-30(28)45-31(21)19-39(3)34(44)38-29-10-6-8-23-7-4-5-9-27(23)29/h4-17,21-22,31,41H,18-20H2,1-3H3,(H,38,44)(H2,36,37,43)/t21-,22+,31+/m1/s1. The zero-order chi connectivity index (χ0) is 32.1. The molecule has 0 saturated heterocycles. The number of halogens is 1. The molecular formula is C34H36FN5O5. The van der Waals surface area contributed by atoms with Gasteiger partial charge in [0.1, 0.15) is 17.7 Å². The molecule has 10 nitrogen and oxygen atoms in total. The van der Waals surface area contributed by atoms with Crippen molar-refractivity contribution >= 4 is 45.8 Å². The number of urea groups is 2. The molecular weight excluding hydrogens is 577 g/mol. The normalized spacial score (nSPS) is 16.9. The second kappa shape index (κ2) is 13.6. The zero-order valence-corrected chi connectivity index (χ0v) is 25.3. The Balaban J connectivity index is 1.35. The highest BCUT2D eigenvalue weighted by Crippen LogP contribution is 2.31. The van der Waals surface area contributed by atoms with E-state index >= 15 is 0 Å². The number of aliphatic hydroxyl groups excluding tert-OH is 1. The van der Waals surface area contributed by atoms with Gasteiger partial charge in [0.05, 0.1) is 30.4 Å². The van der Waals surface area contributed by atoms with E-state index in [0.717, 1.165) is 10.8 Å². The second-order valence-corrected chi connectivity index (χ2v) is 11.3. The minimum absolute atomic E-state index is 0.203. The Morgan fingerprint density at radius 3 is 2.44 bits per heavy atom. The van der Waals surface area contributed by atoms with E-state index < -0.39 is 24.0 Å². The summed E-state index contributed by atoms with van der Waals surface area (Å²) < 4.78 is 19.6. The van der Waals surface area contributed by atoms with E-state index in [1.807, 2.05) is 49.4 Å². The van der Waals surface area contributed by atoms with Crippen molar-refractivity contribution in [2.24, 2.45) is 5.92 Å². The number of anilines is 3. The molecule has 11 heteroatoms. The van der Waals surface area contributed by atoms with Crippen LogP contribution in [0.15, 0.2) is 84.9 Å². The number of rotatable bonds is 7. The molecule has 0 aromatic heterocycles. The molecule has 4 N–H and O–H groups in total. The topological polar surface area (TPSA) is 123 Å². The third-order valence-corrected chi connectivity index (χ3v) is 7.86. The highest BCUT2D eigenvalue weighted by Gasteiger charge is 2.34. The van der Waals surface area contributed by atoms with Crippen molar-refractivity contribution in [1.82, 2.24) is 9.80 Å². The number of hydrogen-bond donors (Lipinski definition) is 4. The van der Waals surface area contributed by atoms with Crippen molar-refractivity contribution in [2.45, 2.75) is 26.0 Å². The molecule has 234 valence electrons. The van der Waals surface area contributed by atoms with Crippen LogP contribution in [0.4, 0.5) is 31.0 Å². The van der Waals surface area contributed by atoms with Gasteiger partial charge in [-0.25, -0.2) is 14.0 Å². The summed E-state index contributed by atoms with van der Waals surface area (Å²) in [5.41, 5.74) is 1.63. The summed E-state index contributed by atoms with van der Waals surface area (Å²) >= 11 is 0. The average molecular weight is 614 g/mol. The number of ether oxygens (including phenoxy) is 1. The van der Waals surface area contributed by atoms with Gasteiger partial charge < -0.3 is 35.6 Å². The molecule has 1 heterocycles. The first-order valence-electron chi connectivity index (χ1n) is 14.7. The quantitative estimate of drug-likeness (QED) is 0.203. The fourth-order valence-electron chi connectivity index (χ4n) is 5.24. The first kappa shape index (κ1) is 31.3. The molecule has 0 aliphatic carbocycles. The molecule has 4 aromatic carbocycles. The third kappa shape index (κ3) is 7.32. The van der Waals surface area contributed by atoms with Gasteiger partial charge >= 0.3 is 12.1 Å². The summed E-state index contributed by atoms with van der Waals surface area (Å²) in [4.78, 5) is 42.8. The Morgan fingerprint density at radius 2 is 1.69 bits per heavy atom. The summed E-state index contributed by atoms with van der Waals surface area (Å²) in [6, 6.07) is 22.2. The second-order valence-electron chi connectivity index (χ2n) is 11.3. The van der Waals surface area contributed by atoms with Gasteiger partial charge in [-0.3, -0.25) is 4.79 Å². The zero-order valence-electron chi connectivity index (χ0n) is 25.3. The molecule has 0 unspecified atom stereocenters. The van der Waals surface area contributed by atoms with E-state index in [4.69, 9.17) is 4.74 Å². The van der Waals surface area contributed by atoms with Crippen LogP contribution in [0.1, 0.15) is 24.2 Å². The first-order valence-corrected chi connectivity index (χ1v) is 14.7. The molecule has 3 atom stereocenters. The highest BCUT2D eigenvalue weighted by molar-refractivity contribution is 6.03. The maximum Gasteiger partial charge on any atom is 0.323 e. The summed E-state index contributed by atoms with van der Waals surface area (Å²) in [7, 11) is 1.68. The largest absolute Gasteiger partial charge is 0.487 e. The molecule has 0 radical (unpaired) electrons. The summed E-state index contributed by atoms with van der Waals surface area (Å²) in [5, 5.41) is 20.2. The number of benzene rings is 4. The van der Waals surface area contributed by atoms with Crippen molar-refractivity contribution in [3.05, 3.63) is 96.3 Å². The lowest BCUT2D eigenvalue weighted by molar-refractivity contribution is 0.0371. The van der Waals surface area contributed by atoms with Gasteiger partial charge in [-0.2, -0.15) is 0 Å². The maximum atomic E-state index is 13.7. The molecule has 0 fully saturated rings. The van der Waals surface area contributed by atoms with Crippen LogP contribution in [0, 0.1) is 11.7 Å². The van der Waals surface area contributed by atoms with E-state index in [0.29, 0.717) is 22.8 Å². The molecule has 5 amide bonds. The molecule has 4 aromatic rings. The van der Waals surface area contributed by atoms with Gasteiger partial charge in [0.25, 0.3) is 5.91 Å². The number of hydrogen-bond acceptors (Lipinski definition) is 5. The molecule has 45 heavy (non-hydrogen) atoms. The van der Waals surface area contributed by atoms with Crippen LogP contribution in [-0.2, 0) is 0 Å². The minimum Gasteiger partial charge on any atom is -0.487 e. The van der Waals surface area contributed by atoms with Gasteiger partial charge in [0.2, 0.25) is 0 Å². The summed E-state index contributed by atoms with van der Waals surface area (Å²) in [6.07, 6.45) is -0.505. The van der Waals surface area contributed by atoms with E-state index in [2.05, 4.69) is 16.0 Å². The van der Waals surface area contributed by atoms with Crippen molar-refractivity contribution in [3.8, 4) is 5.75 Å². The molecule has 0 bridgehead atoms. The molecule has 1 aliphatic heterocycles. The Kier molecular flexibility index (Phi) is 9.48. The third-order valence-electron chi connectivity index (χ3n) is 7.86. The molecule has 1 aliphatic rings. The van der Waals surface area contributed by atoms with Gasteiger partial charge in [0.15, 0.2) is 0 Å². The number of nitrogens with zero attached hydrogens (tertiary/aromatic N) is 2. The summed E-state index contributed by atoms with van der Waals surface area (Å²) in [5.74, 6) is -0.698. The van der Waals surface area contributed by atoms with E-state index in [1.54, 1.807) is 35.9 Å². The number of amides is 5. The number of carbonyl (C=O) groups excluding carboxylic acids is 3. The predicted molar refractivity (Wildman–Crippen MR) is 172 cm³/mol. The summed E-state index contributed by atoms with van der Waals surface area (Å²) in [6.45, 7) is 3.93. The van der Waals surface area contributed by atoms with Crippen LogP contribution < -0.4 is 20.7 Å². The van der Waals surface area contributed by atoms with Crippen LogP contribution in [0.25, 0.3) is 10.8 Å². The number of nitrogens with one attached hydrogen (secondary N) is 3. The van der Waals surface area contributed by atoms with Crippen molar-refractivity contribution < 1.29 is 28.6 Å². The lowest BCUT2D eigenvalue weighted by Crippen LogP contribution is -2.50. The Bertz CT molecular complexity index is 1690. The maximum absolute atomic E-state index is 13.7. The monoisotopic (exact) mass is 613 g/mol. The minimum atomic E-state index is -0.577. The van der Waals surface area contributed by atoms with Crippen LogP contribution >= 0.6 is 0 Å². The number of likely N-dealkylation sites (N-methyl/N-ethyl adjacent to an activating group) is 1. The number of fused-ring (bicyclic) bond motifs is 2. The van der Waals surface area contributed by atoms with Crippen molar-refractivity contribution in [2.75, 3.05) is 42.7 Å². The Hall–Kier alpha value is -5.16. The fraction of sp³-hybridized carbons (Fsp3) is 0.265. The molecule has 0 saturated carbocycles. The van der Waals surface area contributed by atoms with Crippen LogP contribution in [0.2, 0.25) is 0 Å². The van der Waals surface area contributed by atoms with Gasteiger partial charge in [-0.15, -0.1) is 0 Å². The van der Waals surface area contributed by atoms with E-state index in [9.17, 15) is 23.9 Å². The molecule has 0 spiro atoms. The van der Waals surface area contributed by atoms with Gasteiger partial charge in [0, 0.05) is 36.3 Å². The van der Waals surface area contributed by atoms with Crippen LogP contribution in [-0.4, -0.2) is 71.8 Å². The average Bonchev–Trinajstić information content (AvgIpc) is 3.03. The van der Waals surface area contributed by atoms with Gasteiger partial charge in [-0.05, 0) is 60.8 Å². The smallest absolute Gasteiger partial charge is 0.323 e. The lowest BCUT2D eigenvalue weighted by Gasteiger charge is -2.38. The van der Waals surface area contributed by atoms with Crippen molar-refractivity contribution in [3.63, 3.8) is 0 Å². The molecule has 5 rings (SSSR count). The van der Waals surface area contributed by atoms with Gasteiger partial charge in [-0.1, -0.05) is 43.3 Å². The number of carbonyl (C=O) groups is 3.